The first-order valence-electron chi connectivity index (χ1n) is 6.51. The van der Waals surface area contributed by atoms with Gasteiger partial charge in [-0.1, -0.05) is 0 Å². The smallest absolute Gasteiger partial charge is 0.146 e. The molecule has 3 rings (SSSR count). The van der Waals surface area contributed by atoms with E-state index in [1.165, 1.54) is 0 Å². The number of anilines is 1. The second-order valence-corrected chi connectivity index (χ2v) is 5.67. The summed E-state index contributed by atoms with van der Waals surface area (Å²) in [5.74, 6) is 1.80. The molecule has 2 aromatic rings. The lowest BCUT2D eigenvalue weighted by molar-refractivity contribution is -0.00543. The molecule has 19 heavy (non-hydrogen) atoms. The number of aromatic nitrogens is 2. The fraction of sp³-hybridized carbons (Fsp3) is 0.538. The normalized spacial score (nSPS) is 20.8. The Balaban J connectivity index is 1.87. The van der Waals surface area contributed by atoms with Crippen LogP contribution in [0.25, 0.3) is 10.2 Å². The summed E-state index contributed by atoms with van der Waals surface area (Å²) >= 11 is 1.66. The van der Waals surface area contributed by atoms with Crippen LogP contribution in [-0.2, 0) is 11.3 Å². The predicted octanol–water partition coefficient (Wildman–Crippen LogP) is 1.95. The Hall–Kier alpha value is -1.24. The molecule has 1 saturated heterocycles. The highest BCUT2D eigenvalue weighted by atomic mass is 32.1. The van der Waals surface area contributed by atoms with Crippen LogP contribution in [0.5, 0.6) is 0 Å². The van der Waals surface area contributed by atoms with Crippen molar-refractivity contribution in [2.45, 2.75) is 19.5 Å². The van der Waals surface area contributed by atoms with Gasteiger partial charge in [-0.15, -0.1) is 11.3 Å². The standard InChI is InChI=1S/C13H18N4OS/c1-9-8-18-5-4-17(9)7-11-15-12(14-2)10-3-6-19-13(10)16-11/h3,6,9H,4-5,7-8H2,1-2H3,(H,14,15,16). The number of rotatable bonds is 3. The van der Waals surface area contributed by atoms with E-state index in [9.17, 15) is 0 Å². The van der Waals surface area contributed by atoms with E-state index in [-0.39, 0.29) is 0 Å². The van der Waals surface area contributed by atoms with Crippen molar-refractivity contribution in [3.8, 4) is 0 Å². The molecule has 102 valence electrons. The minimum atomic E-state index is 0.425. The van der Waals surface area contributed by atoms with Crippen LogP contribution in [0, 0.1) is 0 Å². The van der Waals surface area contributed by atoms with E-state index < -0.39 is 0 Å². The number of nitrogens with zero attached hydrogens (tertiary/aromatic N) is 3. The molecule has 1 aliphatic heterocycles. The Bertz CT molecular complexity index is 571. The monoisotopic (exact) mass is 278 g/mol. The Morgan fingerprint density at radius 2 is 2.42 bits per heavy atom. The molecule has 1 atom stereocenters. The number of thiophene rings is 1. The summed E-state index contributed by atoms with van der Waals surface area (Å²) in [5.41, 5.74) is 0. The highest BCUT2D eigenvalue weighted by Crippen LogP contribution is 2.25. The van der Waals surface area contributed by atoms with Gasteiger partial charge in [-0.2, -0.15) is 0 Å². The Kier molecular flexibility index (Phi) is 3.63. The van der Waals surface area contributed by atoms with Crippen LogP contribution in [0.1, 0.15) is 12.7 Å². The summed E-state index contributed by atoms with van der Waals surface area (Å²) in [7, 11) is 1.90. The van der Waals surface area contributed by atoms with Crippen LogP contribution in [-0.4, -0.2) is 47.7 Å². The van der Waals surface area contributed by atoms with Gasteiger partial charge in [-0.05, 0) is 18.4 Å². The molecule has 1 N–H and O–H groups in total. The molecule has 0 saturated carbocycles. The summed E-state index contributed by atoms with van der Waals surface area (Å²) < 4.78 is 5.46. The summed E-state index contributed by atoms with van der Waals surface area (Å²) in [5, 5.41) is 6.32. The van der Waals surface area contributed by atoms with Gasteiger partial charge in [0.1, 0.15) is 16.5 Å². The average Bonchev–Trinajstić information content (AvgIpc) is 2.89. The first-order chi connectivity index (χ1) is 9.28. The largest absolute Gasteiger partial charge is 0.379 e. The molecule has 5 nitrogen and oxygen atoms in total. The van der Waals surface area contributed by atoms with Crippen molar-refractivity contribution in [1.82, 2.24) is 14.9 Å². The molecule has 0 aromatic carbocycles. The fourth-order valence-corrected chi connectivity index (χ4v) is 3.12. The molecule has 0 amide bonds. The zero-order chi connectivity index (χ0) is 13.2. The van der Waals surface area contributed by atoms with Gasteiger partial charge < -0.3 is 10.1 Å². The van der Waals surface area contributed by atoms with Crippen molar-refractivity contribution in [3.63, 3.8) is 0 Å². The highest BCUT2D eigenvalue weighted by Gasteiger charge is 2.20. The van der Waals surface area contributed by atoms with Gasteiger partial charge in [0.2, 0.25) is 0 Å². The van der Waals surface area contributed by atoms with E-state index in [1.54, 1.807) is 11.3 Å². The van der Waals surface area contributed by atoms with E-state index in [0.29, 0.717) is 6.04 Å². The van der Waals surface area contributed by atoms with Crippen LogP contribution in [0.15, 0.2) is 11.4 Å². The maximum absolute atomic E-state index is 5.46. The van der Waals surface area contributed by atoms with Crippen LogP contribution in [0.3, 0.4) is 0 Å². The molecule has 2 aromatic heterocycles. The number of nitrogens with one attached hydrogen (secondary N) is 1. The number of morpholine rings is 1. The van der Waals surface area contributed by atoms with Gasteiger partial charge in [0, 0.05) is 19.6 Å². The topological polar surface area (TPSA) is 50.3 Å². The second kappa shape index (κ2) is 5.40. The van der Waals surface area contributed by atoms with Crippen LogP contribution in [0.4, 0.5) is 5.82 Å². The second-order valence-electron chi connectivity index (χ2n) is 4.77. The van der Waals surface area contributed by atoms with Crippen LogP contribution >= 0.6 is 11.3 Å². The molecule has 1 fully saturated rings. The quantitative estimate of drug-likeness (QED) is 0.930. The molecule has 0 aliphatic carbocycles. The number of hydrogen-bond donors (Lipinski definition) is 1. The zero-order valence-corrected chi connectivity index (χ0v) is 12.0. The third kappa shape index (κ3) is 2.56. The van der Waals surface area contributed by atoms with E-state index in [2.05, 4.69) is 38.6 Å². The zero-order valence-electron chi connectivity index (χ0n) is 11.2. The lowest BCUT2D eigenvalue weighted by Crippen LogP contribution is -2.43. The van der Waals surface area contributed by atoms with Gasteiger partial charge in [0.15, 0.2) is 0 Å². The Morgan fingerprint density at radius 1 is 1.53 bits per heavy atom. The van der Waals surface area contributed by atoms with E-state index in [4.69, 9.17) is 4.74 Å². The Morgan fingerprint density at radius 3 is 3.21 bits per heavy atom. The molecule has 0 radical (unpaired) electrons. The summed E-state index contributed by atoms with van der Waals surface area (Å²) in [6.45, 7) is 5.50. The molecule has 6 heteroatoms. The molecule has 0 spiro atoms. The van der Waals surface area contributed by atoms with Crippen molar-refractivity contribution >= 4 is 27.4 Å². The van der Waals surface area contributed by atoms with E-state index in [1.807, 2.05) is 7.05 Å². The van der Waals surface area contributed by atoms with Crippen molar-refractivity contribution in [2.24, 2.45) is 0 Å². The van der Waals surface area contributed by atoms with Crippen LogP contribution in [0.2, 0.25) is 0 Å². The number of ether oxygens (including phenoxy) is 1. The van der Waals surface area contributed by atoms with E-state index >= 15 is 0 Å². The highest BCUT2D eigenvalue weighted by molar-refractivity contribution is 7.16. The molecule has 1 aliphatic rings. The van der Waals surface area contributed by atoms with Crippen LogP contribution < -0.4 is 5.32 Å². The summed E-state index contributed by atoms with van der Waals surface area (Å²) in [6, 6.07) is 2.49. The SMILES string of the molecule is CNc1nc(CN2CCOCC2C)nc2sccc12. The Labute approximate surface area is 116 Å². The lowest BCUT2D eigenvalue weighted by Gasteiger charge is -2.32. The average molecular weight is 278 g/mol. The third-order valence-electron chi connectivity index (χ3n) is 3.46. The van der Waals surface area contributed by atoms with Crippen molar-refractivity contribution < 1.29 is 4.74 Å². The van der Waals surface area contributed by atoms with Gasteiger partial charge in [0.05, 0.1) is 25.1 Å². The lowest BCUT2D eigenvalue weighted by atomic mass is 10.2. The molecule has 3 heterocycles. The summed E-state index contributed by atoms with van der Waals surface area (Å²) in [6.07, 6.45) is 0. The fourth-order valence-electron chi connectivity index (χ4n) is 2.34. The van der Waals surface area contributed by atoms with Crippen molar-refractivity contribution in [3.05, 3.63) is 17.3 Å². The molecule has 1 unspecified atom stereocenters. The van der Waals surface area contributed by atoms with Gasteiger partial charge in [-0.3, -0.25) is 4.90 Å². The first kappa shape index (κ1) is 12.8. The van der Waals surface area contributed by atoms with Gasteiger partial charge in [-0.25, -0.2) is 9.97 Å². The number of hydrogen-bond acceptors (Lipinski definition) is 6. The maximum atomic E-state index is 5.46. The summed E-state index contributed by atoms with van der Waals surface area (Å²) in [4.78, 5) is 12.7. The van der Waals surface area contributed by atoms with Gasteiger partial charge in [0.25, 0.3) is 0 Å². The minimum absolute atomic E-state index is 0.425. The van der Waals surface area contributed by atoms with Gasteiger partial charge >= 0.3 is 0 Å². The first-order valence-corrected chi connectivity index (χ1v) is 7.39. The number of fused-ring (bicyclic) bond motifs is 1. The molecule has 0 bridgehead atoms. The minimum Gasteiger partial charge on any atom is -0.379 e. The maximum Gasteiger partial charge on any atom is 0.146 e. The molecular formula is C13H18N4OS. The van der Waals surface area contributed by atoms with E-state index in [0.717, 1.165) is 48.2 Å². The van der Waals surface area contributed by atoms with Crippen molar-refractivity contribution in [1.29, 1.82) is 0 Å². The predicted molar refractivity (Wildman–Crippen MR) is 77.7 cm³/mol. The third-order valence-corrected chi connectivity index (χ3v) is 4.26. The van der Waals surface area contributed by atoms with Crippen molar-refractivity contribution in [2.75, 3.05) is 32.1 Å². The molecular weight excluding hydrogens is 260 g/mol.